The number of nitrogens with zero attached hydrogens (tertiary/aromatic N) is 1. The minimum absolute atomic E-state index is 0. The van der Waals surface area contributed by atoms with Gasteiger partial charge in [0.2, 0.25) is 0 Å². The van der Waals surface area contributed by atoms with Crippen LogP contribution in [0.5, 0.6) is 0 Å². The van der Waals surface area contributed by atoms with Crippen LogP contribution in [0.15, 0.2) is 47.8 Å². The van der Waals surface area contributed by atoms with Crippen molar-refractivity contribution in [3.63, 3.8) is 0 Å². The van der Waals surface area contributed by atoms with Gasteiger partial charge in [0.05, 0.1) is 6.54 Å². The van der Waals surface area contributed by atoms with Gasteiger partial charge in [-0.15, -0.1) is 0 Å². The molecule has 0 bridgehead atoms. The van der Waals surface area contributed by atoms with Crippen molar-refractivity contribution in [2.45, 2.75) is 19.8 Å². The number of benzene rings is 1. The van der Waals surface area contributed by atoms with E-state index in [1.807, 2.05) is 47.7 Å². The molecule has 1 aromatic rings. The monoisotopic (exact) mass is 309 g/mol. The Kier molecular flexibility index (Phi) is 6.27. The lowest BCUT2D eigenvalue weighted by Crippen LogP contribution is -3.00. The summed E-state index contributed by atoms with van der Waals surface area (Å²) in [5, 5.41) is 10.6. The van der Waals surface area contributed by atoms with E-state index in [0.29, 0.717) is 18.8 Å². The molecule has 5 nitrogen and oxygen atoms in total. The number of allylic oxidation sites excluding steroid dienone is 2. The zero-order valence-electron chi connectivity index (χ0n) is 11.9. The number of carboxylic acids is 1. The van der Waals surface area contributed by atoms with Crippen LogP contribution in [0.2, 0.25) is 0 Å². The van der Waals surface area contributed by atoms with E-state index < -0.39 is 5.97 Å². The summed E-state index contributed by atoms with van der Waals surface area (Å²) >= 11 is 0. The van der Waals surface area contributed by atoms with Gasteiger partial charge in [-0.3, -0.25) is 4.79 Å². The van der Waals surface area contributed by atoms with Crippen molar-refractivity contribution in [1.29, 1.82) is 0 Å². The number of quaternary nitrogens is 1. The molecule has 0 saturated carbocycles. The van der Waals surface area contributed by atoms with Gasteiger partial charge in [-0.1, -0.05) is 18.2 Å². The Morgan fingerprint density at radius 1 is 1.33 bits per heavy atom. The van der Waals surface area contributed by atoms with Crippen LogP contribution in [0.3, 0.4) is 0 Å². The van der Waals surface area contributed by atoms with Gasteiger partial charge < -0.3 is 23.2 Å². The predicted molar refractivity (Wildman–Crippen MR) is 76.8 cm³/mol. The molecule has 6 heteroatoms. The maximum absolute atomic E-state index is 10.6. The molecule has 0 saturated heterocycles. The highest BCUT2D eigenvalue weighted by atomic mass is 35.5. The van der Waals surface area contributed by atoms with Gasteiger partial charge in [-0.2, -0.15) is 0 Å². The Hall–Kier alpha value is -1.98. The van der Waals surface area contributed by atoms with Crippen LogP contribution in [0.1, 0.15) is 25.3 Å². The van der Waals surface area contributed by atoms with Gasteiger partial charge in [0.25, 0.3) is 0 Å². The third-order valence-corrected chi connectivity index (χ3v) is 3.28. The van der Waals surface area contributed by atoms with Crippen LogP contribution in [0.4, 0.5) is 0 Å². The smallest absolute Gasteiger partial charge is 0.303 e. The number of aliphatic carboxylic acids is 1. The maximum atomic E-state index is 10.6. The topological polar surface area (TPSA) is 83.2 Å². The molecule has 0 fully saturated rings. The average molecular weight is 310 g/mol. The zero-order valence-corrected chi connectivity index (χ0v) is 12.7. The van der Waals surface area contributed by atoms with Crippen LogP contribution in [-0.4, -0.2) is 22.6 Å². The second kappa shape index (κ2) is 7.71. The number of rotatable bonds is 5. The number of halogens is 1. The van der Waals surface area contributed by atoms with E-state index in [2.05, 4.69) is 6.08 Å². The molecule has 114 valence electrons. The standard InChI is InChI=1S/C15H19N3O2.ClH/c1-11-10-13(12-6-3-2-4-7-12)17-18(15(11)16)9-5-8-14(19)20;/h2-4,6-7,10,17H,5,8-9,16H2,1H3,(H,19,20);1H. The summed E-state index contributed by atoms with van der Waals surface area (Å²) in [6, 6.07) is 10.1. The average Bonchev–Trinajstić information content (AvgIpc) is 2.44. The highest BCUT2D eigenvalue weighted by molar-refractivity contribution is 5.66. The third kappa shape index (κ3) is 4.51. The van der Waals surface area contributed by atoms with Crippen molar-refractivity contribution in [3.8, 4) is 0 Å². The number of carboxylic acid groups (broad SMARTS) is 1. The molecule has 0 unspecified atom stereocenters. The number of carbonyl (C=O) groups is 1. The van der Waals surface area contributed by atoms with Crippen molar-refractivity contribution < 1.29 is 27.7 Å². The van der Waals surface area contributed by atoms with E-state index in [-0.39, 0.29) is 18.8 Å². The molecule has 2 rings (SSSR count). The Balaban J connectivity index is 0.00000220. The van der Waals surface area contributed by atoms with Crippen LogP contribution >= 0.6 is 0 Å². The van der Waals surface area contributed by atoms with Gasteiger partial charge in [-0.25, -0.2) is 10.4 Å². The molecule has 1 heterocycles. The van der Waals surface area contributed by atoms with Crippen LogP contribution in [-0.2, 0) is 4.79 Å². The van der Waals surface area contributed by atoms with Gasteiger partial charge >= 0.3 is 5.97 Å². The molecule has 0 spiro atoms. The van der Waals surface area contributed by atoms with Gasteiger partial charge in [0, 0.05) is 23.6 Å². The van der Waals surface area contributed by atoms with E-state index in [1.54, 1.807) is 0 Å². The van der Waals surface area contributed by atoms with Gasteiger partial charge in [0.15, 0.2) is 11.5 Å². The van der Waals surface area contributed by atoms with Crippen molar-refractivity contribution in [1.82, 2.24) is 5.01 Å². The second-order valence-corrected chi connectivity index (χ2v) is 4.85. The van der Waals surface area contributed by atoms with Crippen molar-refractivity contribution in [2.24, 2.45) is 5.73 Å². The van der Waals surface area contributed by atoms with Crippen molar-refractivity contribution in [3.05, 3.63) is 53.4 Å². The van der Waals surface area contributed by atoms with Gasteiger partial charge in [0.1, 0.15) is 0 Å². The number of hydrogen-bond acceptors (Lipinski definition) is 3. The first-order chi connectivity index (χ1) is 9.58. The fourth-order valence-electron chi connectivity index (χ4n) is 2.18. The molecule has 0 amide bonds. The van der Waals surface area contributed by atoms with Crippen LogP contribution in [0.25, 0.3) is 5.70 Å². The van der Waals surface area contributed by atoms with Crippen LogP contribution in [0, 0.1) is 0 Å². The molecule has 0 aromatic heterocycles. The van der Waals surface area contributed by atoms with E-state index >= 15 is 0 Å². The quantitative estimate of drug-likeness (QED) is 0.543. The molecule has 0 atom stereocenters. The summed E-state index contributed by atoms with van der Waals surface area (Å²) < 4.78 is 0. The lowest BCUT2D eigenvalue weighted by atomic mass is 10.1. The molecule has 5 N–H and O–H groups in total. The summed E-state index contributed by atoms with van der Waals surface area (Å²) in [5.41, 5.74) is 11.3. The first-order valence-electron chi connectivity index (χ1n) is 6.64. The SMILES string of the molecule is CC1=C(N)N(CCCC(=O)O)[NH2+]C(c2ccccc2)=C1.[Cl-]. The highest BCUT2D eigenvalue weighted by Crippen LogP contribution is 2.15. The normalized spacial score (nSPS) is 14.5. The maximum Gasteiger partial charge on any atom is 0.303 e. The number of hydrogen-bond donors (Lipinski definition) is 3. The van der Waals surface area contributed by atoms with Crippen molar-refractivity contribution in [2.75, 3.05) is 6.54 Å². The Labute approximate surface area is 130 Å². The van der Waals surface area contributed by atoms with E-state index in [1.165, 1.54) is 0 Å². The lowest BCUT2D eigenvalue weighted by molar-refractivity contribution is -0.722. The molecular formula is C15H20ClN3O2. The first kappa shape index (κ1) is 17.1. The Morgan fingerprint density at radius 3 is 2.62 bits per heavy atom. The first-order valence-corrected chi connectivity index (χ1v) is 6.64. The molecule has 21 heavy (non-hydrogen) atoms. The molecule has 1 aliphatic heterocycles. The fraction of sp³-hybridized carbons (Fsp3) is 0.267. The molecule has 1 aromatic carbocycles. The van der Waals surface area contributed by atoms with E-state index in [0.717, 1.165) is 16.8 Å². The predicted octanol–water partition coefficient (Wildman–Crippen LogP) is -2.12. The Morgan fingerprint density at radius 2 is 2.00 bits per heavy atom. The fourth-order valence-corrected chi connectivity index (χ4v) is 2.18. The minimum atomic E-state index is -0.778. The molecule has 1 aliphatic rings. The Bertz CT molecular complexity index is 555. The molecule has 0 radical (unpaired) electrons. The molecule has 0 aliphatic carbocycles. The summed E-state index contributed by atoms with van der Waals surface area (Å²) in [5.74, 6) is -0.0878. The van der Waals surface area contributed by atoms with E-state index in [9.17, 15) is 4.79 Å². The third-order valence-electron chi connectivity index (χ3n) is 3.28. The summed E-state index contributed by atoms with van der Waals surface area (Å²) in [6.45, 7) is 2.58. The molecular weight excluding hydrogens is 290 g/mol. The van der Waals surface area contributed by atoms with Crippen LogP contribution < -0.4 is 23.6 Å². The second-order valence-electron chi connectivity index (χ2n) is 4.85. The minimum Gasteiger partial charge on any atom is -1.00 e. The summed E-state index contributed by atoms with van der Waals surface area (Å²) in [7, 11) is 0. The zero-order chi connectivity index (χ0) is 14.5. The number of nitrogens with two attached hydrogens (primary N) is 2. The summed E-state index contributed by atoms with van der Waals surface area (Å²) in [6.07, 6.45) is 2.78. The lowest BCUT2D eigenvalue weighted by Gasteiger charge is -2.27. The largest absolute Gasteiger partial charge is 1.00 e. The van der Waals surface area contributed by atoms with Crippen molar-refractivity contribution >= 4 is 11.7 Å². The summed E-state index contributed by atoms with van der Waals surface area (Å²) in [4.78, 5) is 10.6. The highest BCUT2D eigenvalue weighted by Gasteiger charge is 2.21. The van der Waals surface area contributed by atoms with Gasteiger partial charge in [-0.05, 0) is 25.5 Å². The van der Waals surface area contributed by atoms with E-state index in [4.69, 9.17) is 10.8 Å².